The van der Waals surface area contributed by atoms with E-state index in [4.69, 9.17) is 11.6 Å². The molecule has 29 heavy (non-hydrogen) atoms. The lowest BCUT2D eigenvalue weighted by molar-refractivity contribution is -0.142. The summed E-state index contributed by atoms with van der Waals surface area (Å²) in [4.78, 5) is 12.5. The van der Waals surface area contributed by atoms with Crippen LogP contribution >= 0.6 is 27.5 Å². The molecule has 2 aromatic heterocycles. The van der Waals surface area contributed by atoms with E-state index in [1.165, 1.54) is 20.0 Å². The van der Waals surface area contributed by atoms with E-state index in [-0.39, 0.29) is 10.2 Å². The summed E-state index contributed by atoms with van der Waals surface area (Å²) in [7, 11) is 0. The van der Waals surface area contributed by atoms with E-state index in [1.54, 1.807) is 23.0 Å². The van der Waals surface area contributed by atoms with Crippen LogP contribution in [0.3, 0.4) is 0 Å². The van der Waals surface area contributed by atoms with Gasteiger partial charge in [0.15, 0.2) is 5.69 Å². The lowest BCUT2D eigenvalue weighted by Gasteiger charge is -2.13. The van der Waals surface area contributed by atoms with Crippen LogP contribution < -0.4 is 5.32 Å². The van der Waals surface area contributed by atoms with Crippen molar-refractivity contribution < 1.29 is 18.0 Å². The molecule has 1 N–H and O–H groups in total. The lowest BCUT2D eigenvalue weighted by Crippen LogP contribution is -2.25. The van der Waals surface area contributed by atoms with Crippen molar-refractivity contribution in [3.8, 4) is 0 Å². The minimum absolute atomic E-state index is 0.180. The van der Waals surface area contributed by atoms with Crippen molar-refractivity contribution in [2.45, 2.75) is 32.6 Å². The second-order valence-corrected chi connectivity index (χ2v) is 7.64. The molecule has 1 amide bonds. The average Bonchev–Trinajstić information content (AvgIpc) is 3.21. The average molecular weight is 491 g/mol. The van der Waals surface area contributed by atoms with Crippen molar-refractivity contribution in [3.63, 3.8) is 0 Å². The SMILES string of the molecule is Cc1c(Br)c(C(F)(F)F)nn1C(C)C(=O)Nc1cnn(Cc2ccc(Cl)cc2)c1. The number of carbonyl (C=O) groups excluding carboxylic acids is 1. The maximum Gasteiger partial charge on any atom is 0.436 e. The van der Waals surface area contributed by atoms with Crippen molar-refractivity contribution in [3.05, 3.63) is 63.1 Å². The Morgan fingerprint density at radius 3 is 2.55 bits per heavy atom. The topological polar surface area (TPSA) is 64.7 Å². The summed E-state index contributed by atoms with van der Waals surface area (Å²) in [5.74, 6) is -0.511. The Hall–Kier alpha value is -2.33. The summed E-state index contributed by atoms with van der Waals surface area (Å²) in [5, 5.41) is 11.0. The van der Waals surface area contributed by atoms with Crippen LogP contribution in [0.4, 0.5) is 18.9 Å². The number of carbonyl (C=O) groups is 1. The van der Waals surface area contributed by atoms with Crippen molar-refractivity contribution in [1.29, 1.82) is 0 Å². The largest absolute Gasteiger partial charge is 0.436 e. The molecular weight excluding hydrogens is 475 g/mol. The standard InChI is InChI=1S/C18H16BrClF3N5O/c1-10-15(19)16(18(21,22)23)26-28(10)11(2)17(29)25-14-7-24-27(9-14)8-12-3-5-13(20)6-4-12/h3-7,9,11H,8H2,1-2H3,(H,25,29). The molecule has 1 aromatic carbocycles. The minimum Gasteiger partial charge on any atom is -0.322 e. The predicted octanol–water partition coefficient (Wildman–Crippen LogP) is 5.07. The van der Waals surface area contributed by atoms with Gasteiger partial charge in [-0.25, -0.2) is 0 Å². The van der Waals surface area contributed by atoms with Gasteiger partial charge in [0, 0.05) is 11.2 Å². The number of aromatic nitrogens is 4. The summed E-state index contributed by atoms with van der Waals surface area (Å²) in [6.45, 7) is 3.41. The second kappa shape index (κ2) is 8.19. The van der Waals surface area contributed by atoms with E-state index in [0.717, 1.165) is 10.2 Å². The molecule has 0 radical (unpaired) electrons. The first-order valence-electron chi connectivity index (χ1n) is 8.46. The Labute approximate surface area is 177 Å². The van der Waals surface area contributed by atoms with Crippen LogP contribution in [0.25, 0.3) is 0 Å². The summed E-state index contributed by atoms with van der Waals surface area (Å²) in [6, 6.07) is 6.30. The van der Waals surface area contributed by atoms with Gasteiger partial charge in [-0.3, -0.25) is 14.2 Å². The molecule has 0 saturated carbocycles. The van der Waals surface area contributed by atoms with Crippen molar-refractivity contribution >= 4 is 39.1 Å². The maximum atomic E-state index is 13.0. The molecule has 0 bridgehead atoms. The highest BCUT2D eigenvalue weighted by Crippen LogP contribution is 2.36. The highest BCUT2D eigenvalue weighted by molar-refractivity contribution is 9.10. The molecule has 0 saturated heterocycles. The first-order valence-corrected chi connectivity index (χ1v) is 9.63. The molecule has 2 heterocycles. The fraction of sp³-hybridized carbons (Fsp3) is 0.278. The number of anilines is 1. The Morgan fingerprint density at radius 1 is 1.31 bits per heavy atom. The smallest absolute Gasteiger partial charge is 0.322 e. The predicted molar refractivity (Wildman–Crippen MR) is 106 cm³/mol. The number of rotatable bonds is 5. The molecule has 0 aliphatic rings. The minimum atomic E-state index is -4.62. The van der Waals surface area contributed by atoms with Crippen LogP contribution in [0.5, 0.6) is 0 Å². The lowest BCUT2D eigenvalue weighted by atomic mass is 10.2. The number of benzene rings is 1. The molecule has 6 nitrogen and oxygen atoms in total. The van der Waals surface area contributed by atoms with Gasteiger partial charge in [0.1, 0.15) is 6.04 Å². The zero-order chi connectivity index (χ0) is 21.3. The van der Waals surface area contributed by atoms with E-state index in [1.807, 2.05) is 12.1 Å². The number of nitrogens with zero attached hydrogens (tertiary/aromatic N) is 4. The Bertz CT molecular complexity index is 1030. The molecule has 154 valence electrons. The van der Waals surface area contributed by atoms with Crippen LogP contribution in [0, 0.1) is 6.92 Å². The molecule has 3 rings (SSSR count). The number of alkyl halides is 3. The zero-order valence-electron chi connectivity index (χ0n) is 15.3. The van der Waals surface area contributed by atoms with Gasteiger partial charge in [0.05, 0.1) is 28.6 Å². The summed E-state index contributed by atoms with van der Waals surface area (Å²) in [6.07, 6.45) is -1.52. The molecule has 1 unspecified atom stereocenters. The third-order valence-electron chi connectivity index (χ3n) is 4.25. The normalized spacial score (nSPS) is 12.8. The van der Waals surface area contributed by atoms with Gasteiger partial charge >= 0.3 is 6.18 Å². The van der Waals surface area contributed by atoms with Crippen LogP contribution in [-0.2, 0) is 17.5 Å². The highest BCUT2D eigenvalue weighted by atomic mass is 79.9. The van der Waals surface area contributed by atoms with Gasteiger partial charge in [-0.15, -0.1) is 0 Å². The molecular formula is C18H16BrClF3N5O. The molecule has 3 aromatic rings. The molecule has 0 aliphatic heterocycles. The molecule has 0 spiro atoms. The molecule has 1 atom stereocenters. The van der Waals surface area contributed by atoms with E-state index in [0.29, 0.717) is 17.3 Å². The third-order valence-corrected chi connectivity index (χ3v) is 5.45. The van der Waals surface area contributed by atoms with Crippen molar-refractivity contribution in [2.75, 3.05) is 5.32 Å². The van der Waals surface area contributed by atoms with Gasteiger partial charge < -0.3 is 5.32 Å². The van der Waals surface area contributed by atoms with E-state index in [9.17, 15) is 18.0 Å². The quantitative estimate of drug-likeness (QED) is 0.543. The van der Waals surface area contributed by atoms with E-state index in [2.05, 4.69) is 31.4 Å². The van der Waals surface area contributed by atoms with Gasteiger partial charge in [-0.05, 0) is 47.5 Å². The van der Waals surface area contributed by atoms with Crippen molar-refractivity contribution in [1.82, 2.24) is 19.6 Å². The summed E-state index contributed by atoms with van der Waals surface area (Å²) >= 11 is 8.76. The third kappa shape index (κ3) is 4.81. The Balaban J connectivity index is 1.71. The summed E-state index contributed by atoms with van der Waals surface area (Å²) < 4.78 is 41.6. The van der Waals surface area contributed by atoms with Gasteiger partial charge in [0.25, 0.3) is 0 Å². The van der Waals surface area contributed by atoms with Crippen molar-refractivity contribution in [2.24, 2.45) is 0 Å². The van der Waals surface area contributed by atoms with E-state index >= 15 is 0 Å². The number of hydrogen-bond acceptors (Lipinski definition) is 3. The van der Waals surface area contributed by atoms with Crippen LogP contribution in [0.15, 0.2) is 41.1 Å². The molecule has 0 aliphatic carbocycles. The number of halogens is 5. The van der Waals surface area contributed by atoms with Crippen LogP contribution in [0.2, 0.25) is 5.02 Å². The maximum absolute atomic E-state index is 13.0. The monoisotopic (exact) mass is 489 g/mol. The molecule has 0 fully saturated rings. The second-order valence-electron chi connectivity index (χ2n) is 6.41. The zero-order valence-corrected chi connectivity index (χ0v) is 17.7. The first-order chi connectivity index (χ1) is 13.6. The van der Waals surface area contributed by atoms with Crippen LogP contribution in [0.1, 0.15) is 29.9 Å². The van der Waals surface area contributed by atoms with Gasteiger partial charge in [-0.2, -0.15) is 23.4 Å². The number of amides is 1. The van der Waals surface area contributed by atoms with Crippen LogP contribution in [-0.4, -0.2) is 25.5 Å². The Kier molecular flexibility index (Phi) is 6.04. The summed E-state index contributed by atoms with van der Waals surface area (Å²) in [5.41, 5.74) is 0.542. The first kappa shape index (κ1) is 21.4. The van der Waals surface area contributed by atoms with Gasteiger partial charge in [0.2, 0.25) is 5.91 Å². The van der Waals surface area contributed by atoms with Gasteiger partial charge in [-0.1, -0.05) is 23.7 Å². The fourth-order valence-corrected chi connectivity index (χ4v) is 3.32. The highest BCUT2D eigenvalue weighted by Gasteiger charge is 2.39. The Morgan fingerprint density at radius 2 is 1.97 bits per heavy atom. The van der Waals surface area contributed by atoms with E-state index < -0.39 is 23.8 Å². The number of hydrogen-bond donors (Lipinski definition) is 1. The fourth-order valence-electron chi connectivity index (χ4n) is 2.71. The molecule has 11 heteroatoms. The number of nitrogens with one attached hydrogen (secondary N) is 1.